The zero-order valence-corrected chi connectivity index (χ0v) is 16.6. The van der Waals surface area contributed by atoms with Crippen LogP contribution in [0.15, 0.2) is 36.7 Å². The number of carbonyl (C=O) groups excluding carboxylic acids is 1. The minimum atomic E-state index is -0.00793. The first-order valence-electron chi connectivity index (χ1n) is 8.92. The molecule has 3 heterocycles. The molecule has 148 valence electrons. The summed E-state index contributed by atoms with van der Waals surface area (Å²) in [5.41, 5.74) is 3.30. The van der Waals surface area contributed by atoms with Gasteiger partial charge in [0.15, 0.2) is 5.82 Å². The number of nitrogens with zero attached hydrogens (tertiary/aromatic N) is 2. The Morgan fingerprint density at radius 3 is 2.86 bits per heavy atom. The summed E-state index contributed by atoms with van der Waals surface area (Å²) in [6.45, 7) is 4.35. The second-order valence-corrected chi connectivity index (χ2v) is 6.50. The van der Waals surface area contributed by atoms with E-state index in [1.165, 1.54) is 0 Å². The Balaban J connectivity index is 0.00000225. The lowest BCUT2D eigenvalue weighted by atomic mass is 10.1. The Morgan fingerprint density at radius 2 is 2.11 bits per heavy atom. The van der Waals surface area contributed by atoms with Gasteiger partial charge in [-0.3, -0.25) is 4.79 Å². The van der Waals surface area contributed by atoms with E-state index < -0.39 is 0 Å². The molecular weight excluding hydrogens is 380 g/mol. The van der Waals surface area contributed by atoms with Gasteiger partial charge in [-0.2, -0.15) is 0 Å². The Hall–Kier alpha value is -2.77. The highest BCUT2D eigenvalue weighted by Crippen LogP contribution is 2.30. The summed E-state index contributed by atoms with van der Waals surface area (Å²) in [4.78, 5) is 22.6. The minimum Gasteiger partial charge on any atom is -0.497 e. The third-order valence-corrected chi connectivity index (χ3v) is 4.77. The van der Waals surface area contributed by atoms with Crippen molar-refractivity contribution in [2.45, 2.75) is 6.92 Å². The van der Waals surface area contributed by atoms with Crippen molar-refractivity contribution >= 4 is 40.7 Å². The van der Waals surface area contributed by atoms with Crippen LogP contribution in [-0.2, 0) is 4.74 Å². The number of aryl methyl sites for hydroxylation is 1. The van der Waals surface area contributed by atoms with Crippen molar-refractivity contribution < 1.29 is 14.3 Å². The lowest BCUT2D eigenvalue weighted by Gasteiger charge is -2.27. The normalized spacial score (nSPS) is 13.9. The number of aromatic nitrogens is 2. The molecule has 0 radical (unpaired) electrons. The number of methoxy groups -OCH3 is 1. The molecule has 7 nitrogen and oxygen atoms in total. The molecule has 4 rings (SSSR count). The minimum absolute atomic E-state index is 0. The van der Waals surface area contributed by atoms with Crippen LogP contribution in [0.25, 0.3) is 10.9 Å². The molecule has 8 heteroatoms. The number of aromatic amines is 1. The molecule has 0 saturated carbocycles. The van der Waals surface area contributed by atoms with E-state index in [1.807, 2.05) is 42.3 Å². The number of ether oxygens (including phenoxy) is 2. The van der Waals surface area contributed by atoms with Gasteiger partial charge in [-0.05, 0) is 24.6 Å². The van der Waals surface area contributed by atoms with Gasteiger partial charge in [0.2, 0.25) is 0 Å². The predicted molar refractivity (Wildman–Crippen MR) is 111 cm³/mol. The highest BCUT2D eigenvalue weighted by molar-refractivity contribution is 6.10. The quantitative estimate of drug-likeness (QED) is 0.698. The number of pyridine rings is 1. The molecule has 1 aliphatic rings. The van der Waals surface area contributed by atoms with Crippen LogP contribution in [0.4, 0.5) is 11.5 Å². The highest BCUT2D eigenvalue weighted by Gasteiger charge is 2.23. The van der Waals surface area contributed by atoms with Gasteiger partial charge in [-0.1, -0.05) is 6.07 Å². The second kappa shape index (κ2) is 8.50. The molecule has 2 N–H and O–H groups in total. The summed E-state index contributed by atoms with van der Waals surface area (Å²) < 4.78 is 10.6. The Kier molecular flexibility index (Phi) is 6.06. The lowest BCUT2D eigenvalue weighted by Crippen LogP contribution is -2.40. The van der Waals surface area contributed by atoms with Gasteiger partial charge in [0.05, 0.1) is 31.4 Å². The van der Waals surface area contributed by atoms with Crippen molar-refractivity contribution in [1.82, 2.24) is 14.9 Å². The van der Waals surface area contributed by atoms with Crippen LogP contribution < -0.4 is 10.1 Å². The Morgan fingerprint density at radius 1 is 1.32 bits per heavy atom. The van der Waals surface area contributed by atoms with E-state index in [4.69, 9.17) is 9.47 Å². The largest absolute Gasteiger partial charge is 0.497 e. The zero-order chi connectivity index (χ0) is 18.8. The number of fused-ring (bicyclic) bond motifs is 1. The molecular formula is C20H23ClN4O3. The number of anilines is 2. The SMILES string of the molecule is COc1cccc(Nc2ncc(C(=O)N3CCOCC3)c3c(C)c[nH]c23)c1.Cl. The monoisotopic (exact) mass is 402 g/mol. The zero-order valence-electron chi connectivity index (χ0n) is 15.8. The summed E-state index contributed by atoms with van der Waals surface area (Å²) in [6.07, 6.45) is 3.56. The summed E-state index contributed by atoms with van der Waals surface area (Å²) in [5, 5.41) is 4.21. The van der Waals surface area contributed by atoms with Crippen LogP contribution in [0.3, 0.4) is 0 Å². The molecule has 0 unspecified atom stereocenters. The van der Waals surface area contributed by atoms with Crippen LogP contribution >= 0.6 is 12.4 Å². The molecule has 0 bridgehead atoms. The third kappa shape index (κ3) is 3.76. The lowest BCUT2D eigenvalue weighted by molar-refractivity contribution is 0.0304. The standard InChI is InChI=1S/C20H22N4O3.ClH/c1-13-11-21-18-17(13)16(20(25)24-6-8-27-9-7-24)12-22-19(18)23-14-4-3-5-15(10-14)26-2;/h3-5,10-12,21H,6-9H2,1-2H3,(H,22,23);1H. The number of nitrogens with one attached hydrogen (secondary N) is 2. The van der Waals surface area contributed by atoms with Crippen molar-refractivity contribution in [3.8, 4) is 5.75 Å². The number of rotatable bonds is 4. The van der Waals surface area contributed by atoms with Gasteiger partial charge in [0.1, 0.15) is 5.75 Å². The maximum absolute atomic E-state index is 13.0. The van der Waals surface area contributed by atoms with Crippen LogP contribution in [0.1, 0.15) is 15.9 Å². The van der Waals surface area contributed by atoms with E-state index in [0.29, 0.717) is 37.7 Å². The molecule has 0 spiro atoms. The summed E-state index contributed by atoms with van der Waals surface area (Å²) in [7, 11) is 1.63. The van der Waals surface area contributed by atoms with E-state index >= 15 is 0 Å². The molecule has 1 saturated heterocycles. The number of carbonyl (C=O) groups is 1. The first-order valence-corrected chi connectivity index (χ1v) is 8.92. The number of benzene rings is 1. The molecule has 2 aromatic heterocycles. The average molecular weight is 403 g/mol. The summed E-state index contributed by atoms with van der Waals surface area (Å²) in [5.74, 6) is 1.43. The van der Waals surface area contributed by atoms with E-state index in [2.05, 4.69) is 15.3 Å². The molecule has 0 atom stereocenters. The van der Waals surface area contributed by atoms with Gasteiger partial charge in [-0.25, -0.2) is 4.98 Å². The number of halogens is 1. The number of hydrogen-bond donors (Lipinski definition) is 2. The molecule has 3 aromatic rings. The fourth-order valence-corrected chi connectivity index (χ4v) is 3.35. The first kappa shape index (κ1) is 20.0. The molecule has 28 heavy (non-hydrogen) atoms. The highest BCUT2D eigenvalue weighted by atomic mass is 35.5. The Labute approximate surface area is 169 Å². The van der Waals surface area contributed by atoms with E-state index in [1.54, 1.807) is 13.3 Å². The van der Waals surface area contributed by atoms with Crippen molar-refractivity contribution in [3.05, 3.63) is 47.8 Å². The molecule has 1 amide bonds. The molecule has 0 aliphatic carbocycles. The summed E-state index contributed by atoms with van der Waals surface area (Å²) >= 11 is 0. The van der Waals surface area contributed by atoms with Gasteiger partial charge >= 0.3 is 0 Å². The van der Waals surface area contributed by atoms with Crippen molar-refractivity contribution in [3.63, 3.8) is 0 Å². The molecule has 1 aromatic carbocycles. The van der Waals surface area contributed by atoms with Crippen LogP contribution in [0.2, 0.25) is 0 Å². The van der Waals surface area contributed by atoms with Crippen molar-refractivity contribution in [1.29, 1.82) is 0 Å². The van der Waals surface area contributed by atoms with Crippen LogP contribution in [-0.4, -0.2) is 54.2 Å². The Bertz CT molecular complexity index is 983. The fourth-order valence-electron chi connectivity index (χ4n) is 3.35. The first-order chi connectivity index (χ1) is 13.2. The topological polar surface area (TPSA) is 79.5 Å². The maximum atomic E-state index is 13.0. The second-order valence-electron chi connectivity index (χ2n) is 6.50. The van der Waals surface area contributed by atoms with E-state index in [9.17, 15) is 4.79 Å². The molecule has 1 aliphatic heterocycles. The van der Waals surface area contributed by atoms with Gasteiger partial charge in [0, 0.05) is 42.6 Å². The predicted octanol–water partition coefficient (Wildman–Crippen LogP) is 3.52. The number of amides is 1. The molecule has 1 fully saturated rings. The third-order valence-electron chi connectivity index (χ3n) is 4.77. The number of hydrogen-bond acceptors (Lipinski definition) is 5. The van der Waals surface area contributed by atoms with E-state index in [0.717, 1.165) is 27.9 Å². The number of morpholine rings is 1. The van der Waals surface area contributed by atoms with Gasteiger partial charge in [-0.15, -0.1) is 12.4 Å². The van der Waals surface area contributed by atoms with Crippen molar-refractivity contribution in [2.24, 2.45) is 0 Å². The van der Waals surface area contributed by atoms with Crippen LogP contribution in [0, 0.1) is 6.92 Å². The van der Waals surface area contributed by atoms with Crippen molar-refractivity contribution in [2.75, 3.05) is 38.7 Å². The maximum Gasteiger partial charge on any atom is 0.256 e. The smallest absolute Gasteiger partial charge is 0.256 e. The number of H-pyrrole nitrogens is 1. The van der Waals surface area contributed by atoms with Gasteiger partial charge in [0.25, 0.3) is 5.91 Å². The average Bonchev–Trinajstić information content (AvgIpc) is 3.11. The van der Waals surface area contributed by atoms with Crippen LogP contribution in [0.5, 0.6) is 5.75 Å². The summed E-state index contributed by atoms with van der Waals surface area (Å²) in [6, 6.07) is 7.64. The van der Waals surface area contributed by atoms with E-state index in [-0.39, 0.29) is 18.3 Å². The fraction of sp³-hybridized carbons (Fsp3) is 0.300. The van der Waals surface area contributed by atoms with Gasteiger partial charge < -0.3 is 24.7 Å².